The van der Waals surface area contributed by atoms with Crippen molar-refractivity contribution in [2.45, 2.75) is 6.61 Å². The van der Waals surface area contributed by atoms with Crippen LogP contribution in [0.2, 0.25) is 0 Å². The second-order valence-electron chi connectivity index (χ2n) is 5.76. The topological polar surface area (TPSA) is 57.1 Å². The number of carbonyl (C=O) groups is 1. The van der Waals surface area contributed by atoms with Crippen LogP contribution in [0.1, 0.15) is 11.1 Å². The summed E-state index contributed by atoms with van der Waals surface area (Å²) in [5.74, 6) is -0.109. The highest BCUT2D eigenvalue weighted by atomic mass is 19.3. The minimum atomic E-state index is -3.00. The molecule has 0 atom stereocenters. The van der Waals surface area contributed by atoms with E-state index in [9.17, 15) is 13.6 Å². The lowest BCUT2D eigenvalue weighted by atomic mass is 10.1. The molecule has 0 aromatic heterocycles. The molecule has 7 heteroatoms. The van der Waals surface area contributed by atoms with Crippen molar-refractivity contribution in [1.82, 2.24) is 0 Å². The number of aliphatic imine (C=N–C) groups is 1. The molecule has 0 amide bonds. The highest BCUT2D eigenvalue weighted by Crippen LogP contribution is 2.29. The van der Waals surface area contributed by atoms with Crippen molar-refractivity contribution in [2.75, 3.05) is 6.61 Å². The summed E-state index contributed by atoms with van der Waals surface area (Å²) in [4.78, 5) is 16.3. The van der Waals surface area contributed by atoms with Crippen LogP contribution < -0.4 is 9.47 Å². The minimum absolute atomic E-state index is 0.0612. The largest absolute Gasteiger partial charge is 0.488 e. The molecule has 0 saturated carbocycles. The molecule has 27 heavy (non-hydrogen) atoms. The first-order valence-corrected chi connectivity index (χ1v) is 8.09. The first-order chi connectivity index (χ1) is 13.1. The van der Waals surface area contributed by atoms with Crippen molar-refractivity contribution in [2.24, 2.45) is 4.99 Å². The van der Waals surface area contributed by atoms with E-state index in [0.717, 1.165) is 16.9 Å². The van der Waals surface area contributed by atoms with Crippen molar-refractivity contribution >= 4 is 17.9 Å². The summed E-state index contributed by atoms with van der Waals surface area (Å²) >= 11 is 0. The van der Waals surface area contributed by atoms with Gasteiger partial charge in [-0.05, 0) is 35.9 Å². The van der Waals surface area contributed by atoms with Crippen LogP contribution in [0.4, 0.5) is 8.78 Å². The van der Waals surface area contributed by atoms with E-state index in [4.69, 9.17) is 9.47 Å². The van der Waals surface area contributed by atoms with Crippen molar-refractivity contribution in [3.05, 3.63) is 77.0 Å². The molecule has 2 heterocycles. The molecule has 0 radical (unpaired) electrons. The van der Waals surface area contributed by atoms with E-state index in [1.807, 2.05) is 30.3 Å². The Morgan fingerprint density at radius 2 is 1.89 bits per heavy atom. The fourth-order valence-electron chi connectivity index (χ4n) is 2.76. The smallest absolute Gasteiger partial charge is 0.387 e. The number of hydrogen-bond donors (Lipinski definition) is 0. The number of hydrogen-bond acceptors (Lipinski definition) is 5. The van der Waals surface area contributed by atoms with Crippen LogP contribution in [0, 0.1) is 0 Å². The first-order valence-electron chi connectivity index (χ1n) is 8.09. The minimum Gasteiger partial charge on any atom is -0.488 e. The first kappa shape index (κ1) is 17.0. The monoisotopic (exact) mass is 369 g/mol. The Labute approximate surface area is 153 Å². The Morgan fingerprint density at radius 1 is 1.11 bits per heavy atom. The van der Waals surface area contributed by atoms with E-state index in [1.54, 1.807) is 12.1 Å². The number of esters is 1. The number of alkyl halides is 2. The van der Waals surface area contributed by atoms with Crippen molar-refractivity contribution in [3.8, 4) is 11.5 Å². The summed E-state index contributed by atoms with van der Waals surface area (Å²) in [6.07, 6.45) is 3.45. The second-order valence-corrected chi connectivity index (χ2v) is 5.76. The van der Waals surface area contributed by atoms with Crippen molar-refractivity contribution in [1.29, 1.82) is 0 Å². The maximum absolute atomic E-state index is 12.6. The van der Waals surface area contributed by atoms with Crippen molar-refractivity contribution in [3.63, 3.8) is 0 Å². The summed E-state index contributed by atoms with van der Waals surface area (Å²) in [5.41, 5.74) is 1.87. The predicted molar refractivity (Wildman–Crippen MR) is 93.7 cm³/mol. The fraction of sp³-hybridized carbons (Fsp3) is 0.100. The summed E-state index contributed by atoms with van der Waals surface area (Å²) in [6, 6.07) is 13.5. The van der Waals surface area contributed by atoms with Gasteiger partial charge in [0.25, 0.3) is 0 Å². The quantitative estimate of drug-likeness (QED) is 0.605. The molecular formula is C20H13F2NO4. The van der Waals surface area contributed by atoms with Crippen LogP contribution in [0.5, 0.6) is 11.5 Å². The number of para-hydroxylation sites is 2. The number of cyclic esters (lactones) is 1. The second kappa shape index (κ2) is 7.03. The van der Waals surface area contributed by atoms with Crippen LogP contribution in [0.3, 0.4) is 0 Å². The summed E-state index contributed by atoms with van der Waals surface area (Å²) < 4.78 is 40.4. The van der Waals surface area contributed by atoms with Gasteiger partial charge in [0.05, 0.1) is 5.56 Å². The van der Waals surface area contributed by atoms with Crippen molar-refractivity contribution < 1.29 is 27.8 Å². The lowest BCUT2D eigenvalue weighted by molar-refractivity contribution is -0.130. The fourth-order valence-corrected chi connectivity index (χ4v) is 2.76. The van der Waals surface area contributed by atoms with E-state index in [0.29, 0.717) is 0 Å². The summed E-state index contributed by atoms with van der Waals surface area (Å²) in [6.45, 7) is -2.72. The lowest BCUT2D eigenvalue weighted by Gasteiger charge is -2.15. The SMILES string of the molecule is O=C1OC(c2ccccc2OC(F)F)=N/C1=C/C1=Cc2ccccc2OC1. The zero-order chi connectivity index (χ0) is 18.8. The molecule has 0 bridgehead atoms. The van der Waals surface area contributed by atoms with Gasteiger partial charge < -0.3 is 14.2 Å². The molecule has 2 aliphatic rings. The van der Waals surface area contributed by atoms with E-state index in [1.165, 1.54) is 18.2 Å². The number of ether oxygens (including phenoxy) is 3. The van der Waals surface area contributed by atoms with Gasteiger partial charge in [-0.2, -0.15) is 8.78 Å². The van der Waals surface area contributed by atoms with Gasteiger partial charge in [0.15, 0.2) is 5.70 Å². The molecule has 0 saturated heterocycles. The normalized spacial score (nSPS) is 17.1. The highest BCUT2D eigenvalue weighted by Gasteiger charge is 2.27. The van der Waals surface area contributed by atoms with Gasteiger partial charge in [0.2, 0.25) is 5.90 Å². The standard InChI is InChI=1S/C20H13F2NO4/c21-20(22)26-17-8-4-2-6-14(17)18-23-15(19(24)27-18)10-12-9-13-5-1-3-7-16(13)25-11-12/h1-10,20H,11H2/b15-10+. The van der Waals surface area contributed by atoms with E-state index in [2.05, 4.69) is 9.73 Å². The Morgan fingerprint density at radius 3 is 2.74 bits per heavy atom. The third kappa shape index (κ3) is 3.57. The van der Waals surface area contributed by atoms with Crippen LogP contribution in [0.15, 0.2) is 70.9 Å². The average molecular weight is 369 g/mol. The van der Waals surface area contributed by atoms with Gasteiger partial charge in [-0.25, -0.2) is 9.79 Å². The average Bonchev–Trinajstić information content (AvgIpc) is 3.02. The number of nitrogens with zero attached hydrogens (tertiary/aromatic N) is 1. The maximum Gasteiger partial charge on any atom is 0.387 e. The van der Waals surface area contributed by atoms with Crippen LogP contribution in [-0.2, 0) is 9.53 Å². The van der Waals surface area contributed by atoms with Gasteiger partial charge in [0, 0.05) is 5.56 Å². The molecule has 0 N–H and O–H groups in total. The summed E-state index contributed by atoms with van der Waals surface area (Å²) in [7, 11) is 0. The number of halogens is 2. The molecule has 4 rings (SSSR count). The van der Waals surface area contributed by atoms with E-state index < -0.39 is 12.6 Å². The predicted octanol–water partition coefficient (Wildman–Crippen LogP) is 3.95. The Bertz CT molecular complexity index is 995. The Balaban J connectivity index is 1.65. The zero-order valence-electron chi connectivity index (χ0n) is 13.9. The molecule has 5 nitrogen and oxygen atoms in total. The van der Waals surface area contributed by atoms with Crippen LogP contribution >= 0.6 is 0 Å². The molecule has 136 valence electrons. The highest BCUT2D eigenvalue weighted by molar-refractivity contribution is 6.12. The van der Waals surface area contributed by atoms with Crippen LogP contribution in [-0.4, -0.2) is 25.1 Å². The van der Waals surface area contributed by atoms with Gasteiger partial charge in [-0.1, -0.05) is 30.3 Å². The summed E-state index contributed by atoms with van der Waals surface area (Å²) in [5, 5.41) is 0. The van der Waals surface area contributed by atoms with E-state index in [-0.39, 0.29) is 29.5 Å². The molecule has 0 fully saturated rings. The van der Waals surface area contributed by atoms with Gasteiger partial charge in [-0.3, -0.25) is 0 Å². The third-order valence-electron chi connectivity index (χ3n) is 3.93. The molecule has 0 unspecified atom stereocenters. The number of rotatable bonds is 4. The third-order valence-corrected chi connectivity index (χ3v) is 3.93. The number of carbonyl (C=O) groups excluding carboxylic acids is 1. The maximum atomic E-state index is 12.6. The Kier molecular flexibility index (Phi) is 4.42. The van der Waals surface area contributed by atoms with Gasteiger partial charge in [0.1, 0.15) is 18.1 Å². The molecule has 2 aliphatic heterocycles. The Hall–Kier alpha value is -3.48. The molecule has 2 aromatic rings. The lowest BCUT2D eigenvalue weighted by Crippen LogP contribution is -2.10. The van der Waals surface area contributed by atoms with Gasteiger partial charge in [-0.15, -0.1) is 0 Å². The van der Waals surface area contributed by atoms with Crippen LogP contribution in [0.25, 0.3) is 6.08 Å². The number of fused-ring (bicyclic) bond motifs is 1. The zero-order valence-corrected chi connectivity index (χ0v) is 13.9. The molecule has 2 aromatic carbocycles. The molecule has 0 aliphatic carbocycles. The van der Waals surface area contributed by atoms with Gasteiger partial charge >= 0.3 is 12.6 Å². The molecular weight excluding hydrogens is 356 g/mol. The van der Waals surface area contributed by atoms with E-state index >= 15 is 0 Å². The molecule has 0 spiro atoms. The number of benzene rings is 2.